The predicted molar refractivity (Wildman–Crippen MR) is 61.1 cm³/mol. The number of hydrogen-bond donors (Lipinski definition) is 0. The molecule has 70 valence electrons. The number of halogens is 2. The van der Waals surface area contributed by atoms with Gasteiger partial charge in [-0.05, 0) is 34.0 Å². The Balaban J connectivity index is 0. The lowest BCUT2D eigenvalue weighted by molar-refractivity contribution is 0.505. The fraction of sp³-hybridized carbons (Fsp3) is 1.00. The second-order valence-electron chi connectivity index (χ2n) is 2.78. The summed E-state index contributed by atoms with van der Waals surface area (Å²) in [6.07, 6.45) is 3.97. The summed E-state index contributed by atoms with van der Waals surface area (Å²) < 4.78 is 0. The average Bonchev–Trinajstić information content (AvgIpc) is 1.88. The first kappa shape index (κ1) is 14.4. The minimum Gasteiger partial charge on any atom is -0.312 e. The van der Waals surface area contributed by atoms with Crippen molar-refractivity contribution in [2.45, 2.75) is 19.3 Å². The van der Waals surface area contributed by atoms with Crippen LogP contribution >= 0.6 is 31.9 Å². The van der Waals surface area contributed by atoms with Gasteiger partial charge >= 0.3 is 0 Å². The summed E-state index contributed by atoms with van der Waals surface area (Å²) in [6.45, 7) is 0. The van der Waals surface area contributed by atoms with Crippen LogP contribution in [0.3, 0.4) is 0 Å². The standard InChI is InChI=1S/C5H10Br2.C3H9N/c6-4-2-1-3-5-7;1-4(2)3/h1-5H2;1-3H3. The Morgan fingerprint density at radius 2 is 1.09 bits per heavy atom. The molecular formula is C8H19Br2N. The third-order valence-electron chi connectivity index (χ3n) is 0.767. The van der Waals surface area contributed by atoms with Gasteiger partial charge in [-0.1, -0.05) is 38.3 Å². The topological polar surface area (TPSA) is 3.24 Å². The summed E-state index contributed by atoms with van der Waals surface area (Å²) in [4.78, 5) is 2.00. The van der Waals surface area contributed by atoms with Crippen LogP contribution in [-0.4, -0.2) is 36.7 Å². The van der Waals surface area contributed by atoms with Gasteiger partial charge in [-0.15, -0.1) is 0 Å². The number of rotatable bonds is 4. The van der Waals surface area contributed by atoms with Gasteiger partial charge in [0, 0.05) is 10.7 Å². The molecule has 0 atom stereocenters. The monoisotopic (exact) mass is 287 g/mol. The van der Waals surface area contributed by atoms with Crippen molar-refractivity contribution in [2.24, 2.45) is 0 Å². The molecule has 0 N–H and O–H groups in total. The number of nitrogens with zero attached hydrogens (tertiary/aromatic N) is 1. The first-order valence-electron chi connectivity index (χ1n) is 3.88. The first-order chi connectivity index (χ1) is 5.15. The van der Waals surface area contributed by atoms with Crippen LogP contribution in [-0.2, 0) is 0 Å². The summed E-state index contributed by atoms with van der Waals surface area (Å²) in [5.74, 6) is 0. The van der Waals surface area contributed by atoms with E-state index in [0.717, 1.165) is 10.7 Å². The van der Waals surface area contributed by atoms with Crippen molar-refractivity contribution in [1.29, 1.82) is 0 Å². The molecule has 0 fully saturated rings. The molecule has 0 spiro atoms. The van der Waals surface area contributed by atoms with E-state index in [-0.39, 0.29) is 0 Å². The Morgan fingerprint density at radius 1 is 0.818 bits per heavy atom. The second kappa shape index (κ2) is 13.5. The third-order valence-corrected chi connectivity index (χ3v) is 1.89. The Morgan fingerprint density at radius 3 is 1.27 bits per heavy atom. The molecule has 0 unspecified atom stereocenters. The quantitative estimate of drug-likeness (QED) is 0.568. The molecular weight excluding hydrogens is 270 g/mol. The maximum atomic E-state index is 3.36. The molecule has 11 heavy (non-hydrogen) atoms. The molecule has 0 saturated heterocycles. The van der Waals surface area contributed by atoms with E-state index in [4.69, 9.17) is 0 Å². The maximum Gasteiger partial charge on any atom is 0.00313 e. The molecule has 0 aromatic rings. The van der Waals surface area contributed by atoms with E-state index in [0.29, 0.717) is 0 Å². The predicted octanol–water partition coefficient (Wildman–Crippen LogP) is 3.12. The average molecular weight is 289 g/mol. The highest BCUT2D eigenvalue weighted by molar-refractivity contribution is 9.09. The van der Waals surface area contributed by atoms with Crippen molar-refractivity contribution >= 4 is 31.9 Å². The SMILES string of the molecule is BrCCCCCBr.CN(C)C. The number of hydrogen-bond acceptors (Lipinski definition) is 1. The van der Waals surface area contributed by atoms with Crippen LogP contribution in [0.5, 0.6) is 0 Å². The Hall–Kier alpha value is 0.920. The molecule has 3 heteroatoms. The van der Waals surface area contributed by atoms with Crippen molar-refractivity contribution in [3.05, 3.63) is 0 Å². The second-order valence-corrected chi connectivity index (χ2v) is 4.37. The normalized spacial score (nSPS) is 9.27. The molecule has 0 amide bonds. The maximum absolute atomic E-state index is 3.36. The zero-order chi connectivity index (χ0) is 9.11. The van der Waals surface area contributed by atoms with Gasteiger partial charge in [0.05, 0.1) is 0 Å². The van der Waals surface area contributed by atoms with E-state index in [1.165, 1.54) is 19.3 Å². The molecule has 0 aliphatic heterocycles. The molecule has 0 aliphatic carbocycles. The van der Waals surface area contributed by atoms with Crippen molar-refractivity contribution < 1.29 is 0 Å². The number of unbranched alkanes of at least 4 members (excludes halogenated alkanes) is 2. The summed E-state index contributed by atoms with van der Waals surface area (Å²) >= 11 is 6.73. The molecule has 0 aliphatic rings. The molecule has 0 bridgehead atoms. The van der Waals surface area contributed by atoms with E-state index in [2.05, 4.69) is 31.9 Å². The van der Waals surface area contributed by atoms with Gasteiger partial charge in [-0.3, -0.25) is 0 Å². The van der Waals surface area contributed by atoms with Crippen LogP contribution in [0.4, 0.5) is 0 Å². The largest absolute Gasteiger partial charge is 0.312 e. The summed E-state index contributed by atoms with van der Waals surface area (Å²) in [5, 5.41) is 2.31. The van der Waals surface area contributed by atoms with E-state index in [1.807, 2.05) is 26.0 Å². The van der Waals surface area contributed by atoms with Crippen molar-refractivity contribution in [2.75, 3.05) is 31.8 Å². The molecule has 0 rings (SSSR count). The van der Waals surface area contributed by atoms with Crippen LogP contribution < -0.4 is 0 Å². The molecule has 0 aromatic carbocycles. The fourth-order valence-corrected chi connectivity index (χ4v) is 1.16. The van der Waals surface area contributed by atoms with Gasteiger partial charge < -0.3 is 4.90 Å². The van der Waals surface area contributed by atoms with Gasteiger partial charge in [0.1, 0.15) is 0 Å². The summed E-state index contributed by atoms with van der Waals surface area (Å²) in [7, 11) is 6.00. The Kier molecular flexibility index (Phi) is 17.7. The minimum atomic E-state index is 1.15. The van der Waals surface area contributed by atoms with E-state index in [1.54, 1.807) is 0 Å². The molecule has 0 aromatic heterocycles. The first-order valence-corrected chi connectivity index (χ1v) is 6.12. The van der Waals surface area contributed by atoms with E-state index >= 15 is 0 Å². The van der Waals surface area contributed by atoms with Gasteiger partial charge in [-0.25, -0.2) is 0 Å². The van der Waals surface area contributed by atoms with Crippen LogP contribution in [0.2, 0.25) is 0 Å². The van der Waals surface area contributed by atoms with Crippen LogP contribution in [0.1, 0.15) is 19.3 Å². The highest BCUT2D eigenvalue weighted by Gasteiger charge is 1.81. The number of alkyl halides is 2. The Bertz CT molecular complexity index is 51.3. The van der Waals surface area contributed by atoms with Crippen LogP contribution in [0.15, 0.2) is 0 Å². The lowest BCUT2D eigenvalue weighted by Crippen LogP contribution is -1.99. The highest BCUT2D eigenvalue weighted by Crippen LogP contribution is 1.99. The zero-order valence-corrected chi connectivity index (χ0v) is 10.9. The summed E-state index contributed by atoms with van der Waals surface area (Å²) in [6, 6.07) is 0. The fourth-order valence-electron chi connectivity index (χ4n) is 0.366. The molecule has 0 radical (unpaired) electrons. The van der Waals surface area contributed by atoms with Gasteiger partial charge in [0.25, 0.3) is 0 Å². The van der Waals surface area contributed by atoms with Gasteiger partial charge in [0.15, 0.2) is 0 Å². The molecule has 0 saturated carbocycles. The van der Waals surface area contributed by atoms with Crippen molar-refractivity contribution in [3.8, 4) is 0 Å². The smallest absolute Gasteiger partial charge is 0.00313 e. The third kappa shape index (κ3) is 35.9. The lowest BCUT2D eigenvalue weighted by Gasteiger charge is -1.90. The van der Waals surface area contributed by atoms with Gasteiger partial charge in [0.2, 0.25) is 0 Å². The summed E-state index contributed by atoms with van der Waals surface area (Å²) in [5.41, 5.74) is 0. The highest BCUT2D eigenvalue weighted by atomic mass is 79.9. The van der Waals surface area contributed by atoms with Crippen LogP contribution in [0, 0.1) is 0 Å². The van der Waals surface area contributed by atoms with E-state index < -0.39 is 0 Å². The van der Waals surface area contributed by atoms with Crippen molar-refractivity contribution in [1.82, 2.24) is 4.90 Å². The zero-order valence-electron chi connectivity index (χ0n) is 7.74. The van der Waals surface area contributed by atoms with Crippen LogP contribution in [0.25, 0.3) is 0 Å². The van der Waals surface area contributed by atoms with Gasteiger partial charge in [-0.2, -0.15) is 0 Å². The molecule has 0 heterocycles. The molecule has 1 nitrogen and oxygen atoms in total. The van der Waals surface area contributed by atoms with Crippen molar-refractivity contribution in [3.63, 3.8) is 0 Å². The van der Waals surface area contributed by atoms with E-state index in [9.17, 15) is 0 Å². The Labute approximate surface area is 87.8 Å². The lowest BCUT2D eigenvalue weighted by atomic mass is 10.3. The minimum absolute atomic E-state index is 1.15.